The first-order valence-corrected chi connectivity index (χ1v) is 7.41. The van der Waals surface area contributed by atoms with Crippen molar-refractivity contribution in [2.45, 2.75) is 30.9 Å². The second-order valence-corrected chi connectivity index (χ2v) is 5.31. The van der Waals surface area contributed by atoms with Gasteiger partial charge in [0.25, 0.3) is 0 Å². The van der Waals surface area contributed by atoms with E-state index in [9.17, 15) is 0 Å². The minimum atomic E-state index is 0.0394. The molecule has 1 N–H and O–H groups in total. The lowest BCUT2D eigenvalue weighted by Crippen LogP contribution is -2.37. The van der Waals surface area contributed by atoms with E-state index in [0.29, 0.717) is 12.6 Å². The van der Waals surface area contributed by atoms with Crippen LogP contribution in [0, 0.1) is 0 Å². The van der Waals surface area contributed by atoms with Crippen LogP contribution in [-0.4, -0.2) is 38.7 Å². The van der Waals surface area contributed by atoms with Crippen LogP contribution >= 0.6 is 11.8 Å². The summed E-state index contributed by atoms with van der Waals surface area (Å²) >= 11 is 1.73. The second kappa shape index (κ2) is 8.40. The molecule has 1 aromatic carbocycles. The molecule has 4 heteroatoms. The van der Waals surface area contributed by atoms with Gasteiger partial charge < -0.3 is 14.8 Å². The molecule has 0 aliphatic rings. The number of nitrogens with one attached hydrogen (secondary N) is 1. The van der Waals surface area contributed by atoms with Crippen LogP contribution in [0.5, 0.6) is 5.75 Å². The average Bonchev–Trinajstić information content (AvgIpc) is 2.37. The molecule has 0 spiro atoms. The number of methoxy groups -OCH3 is 1. The summed E-state index contributed by atoms with van der Waals surface area (Å²) in [5.41, 5.74) is 0. The minimum absolute atomic E-state index is 0.0394. The summed E-state index contributed by atoms with van der Waals surface area (Å²) < 4.78 is 11.1. The van der Waals surface area contributed by atoms with Crippen LogP contribution in [0.4, 0.5) is 0 Å². The van der Waals surface area contributed by atoms with E-state index in [1.807, 2.05) is 12.1 Å². The molecule has 3 nitrogen and oxygen atoms in total. The maximum Gasteiger partial charge on any atom is 0.134 e. The van der Waals surface area contributed by atoms with Crippen LogP contribution in [0.3, 0.4) is 0 Å². The fourth-order valence-corrected chi connectivity index (χ4v) is 1.94. The van der Waals surface area contributed by atoms with E-state index >= 15 is 0 Å². The SMILES string of the molecule is COCC(CNC(C)C)Oc1ccc(SC)cc1. The Bertz CT molecular complexity index is 327. The molecule has 0 saturated heterocycles. The standard InChI is InChI=1S/C14H23NO2S/c1-11(2)15-9-13(10-16-3)17-12-5-7-14(18-4)8-6-12/h5-8,11,13,15H,9-10H2,1-4H3. The molecule has 0 heterocycles. The molecule has 1 aromatic rings. The fraction of sp³-hybridized carbons (Fsp3) is 0.571. The van der Waals surface area contributed by atoms with Gasteiger partial charge in [-0.25, -0.2) is 0 Å². The third-order valence-corrected chi connectivity index (χ3v) is 3.21. The molecule has 1 rings (SSSR count). The van der Waals surface area contributed by atoms with Crippen molar-refractivity contribution in [2.24, 2.45) is 0 Å². The first-order valence-electron chi connectivity index (χ1n) is 6.18. The number of hydrogen-bond donors (Lipinski definition) is 1. The molecule has 102 valence electrons. The van der Waals surface area contributed by atoms with Crippen molar-refractivity contribution in [3.8, 4) is 5.75 Å². The summed E-state index contributed by atoms with van der Waals surface area (Å²) in [7, 11) is 1.70. The number of thioether (sulfide) groups is 1. The fourth-order valence-electron chi connectivity index (χ4n) is 1.53. The summed E-state index contributed by atoms with van der Waals surface area (Å²) in [5.74, 6) is 0.889. The smallest absolute Gasteiger partial charge is 0.134 e. The lowest BCUT2D eigenvalue weighted by atomic mass is 10.3. The van der Waals surface area contributed by atoms with Gasteiger partial charge in [0.15, 0.2) is 0 Å². The van der Waals surface area contributed by atoms with Gasteiger partial charge in [-0.2, -0.15) is 0 Å². The van der Waals surface area contributed by atoms with Crippen molar-refractivity contribution in [3.05, 3.63) is 24.3 Å². The zero-order chi connectivity index (χ0) is 13.4. The van der Waals surface area contributed by atoms with Crippen LogP contribution < -0.4 is 10.1 Å². The predicted molar refractivity (Wildman–Crippen MR) is 77.7 cm³/mol. The van der Waals surface area contributed by atoms with Crippen molar-refractivity contribution in [1.29, 1.82) is 0 Å². The number of hydrogen-bond acceptors (Lipinski definition) is 4. The van der Waals surface area contributed by atoms with Crippen LogP contribution in [0.15, 0.2) is 29.2 Å². The van der Waals surface area contributed by atoms with Crippen molar-refractivity contribution in [2.75, 3.05) is 26.5 Å². The van der Waals surface area contributed by atoms with Gasteiger partial charge >= 0.3 is 0 Å². The summed E-state index contributed by atoms with van der Waals surface area (Å²) in [6.07, 6.45) is 2.11. The molecule has 0 amide bonds. The summed E-state index contributed by atoms with van der Waals surface area (Å²) in [4.78, 5) is 1.24. The topological polar surface area (TPSA) is 30.5 Å². The van der Waals surface area contributed by atoms with E-state index in [2.05, 4.69) is 37.6 Å². The molecule has 0 bridgehead atoms. The molecular formula is C14H23NO2S. The zero-order valence-electron chi connectivity index (χ0n) is 11.6. The molecule has 0 saturated carbocycles. The van der Waals surface area contributed by atoms with E-state index in [4.69, 9.17) is 9.47 Å². The van der Waals surface area contributed by atoms with E-state index < -0.39 is 0 Å². The molecule has 0 aliphatic carbocycles. The van der Waals surface area contributed by atoms with Gasteiger partial charge in [0.1, 0.15) is 11.9 Å². The first kappa shape index (κ1) is 15.3. The Morgan fingerprint density at radius 1 is 1.22 bits per heavy atom. The highest BCUT2D eigenvalue weighted by atomic mass is 32.2. The minimum Gasteiger partial charge on any atom is -0.487 e. The molecule has 0 fully saturated rings. The lowest BCUT2D eigenvalue weighted by Gasteiger charge is -2.20. The van der Waals surface area contributed by atoms with Crippen molar-refractivity contribution < 1.29 is 9.47 Å². The maximum absolute atomic E-state index is 5.91. The molecule has 1 atom stereocenters. The monoisotopic (exact) mass is 269 g/mol. The van der Waals surface area contributed by atoms with Crippen molar-refractivity contribution in [3.63, 3.8) is 0 Å². The summed E-state index contributed by atoms with van der Waals surface area (Å²) in [6.45, 7) is 5.62. The Labute approximate surface area is 114 Å². The van der Waals surface area contributed by atoms with Crippen LogP contribution in [0.25, 0.3) is 0 Å². The van der Waals surface area contributed by atoms with Crippen molar-refractivity contribution in [1.82, 2.24) is 5.32 Å². The number of benzene rings is 1. The van der Waals surface area contributed by atoms with E-state index in [1.54, 1.807) is 18.9 Å². The lowest BCUT2D eigenvalue weighted by molar-refractivity contribution is 0.0794. The van der Waals surface area contributed by atoms with Crippen molar-refractivity contribution >= 4 is 11.8 Å². The van der Waals surface area contributed by atoms with Crippen LogP contribution in [0.1, 0.15) is 13.8 Å². The van der Waals surface area contributed by atoms with Gasteiger partial charge in [0.2, 0.25) is 0 Å². The van der Waals surface area contributed by atoms with Gasteiger partial charge in [0.05, 0.1) is 6.61 Å². The first-order chi connectivity index (χ1) is 8.65. The summed E-state index contributed by atoms with van der Waals surface area (Å²) in [5, 5.41) is 3.36. The maximum atomic E-state index is 5.91. The molecular weight excluding hydrogens is 246 g/mol. The third-order valence-electron chi connectivity index (χ3n) is 2.47. The molecule has 0 aliphatic heterocycles. The Morgan fingerprint density at radius 2 is 1.89 bits per heavy atom. The van der Waals surface area contributed by atoms with Gasteiger partial charge in [-0.15, -0.1) is 11.8 Å². The molecule has 0 aromatic heterocycles. The molecule has 18 heavy (non-hydrogen) atoms. The highest BCUT2D eigenvalue weighted by Crippen LogP contribution is 2.19. The Morgan fingerprint density at radius 3 is 2.39 bits per heavy atom. The quantitative estimate of drug-likeness (QED) is 0.735. The number of rotatable bonds is 8. The van der Waals surface area contributed by atoms with Crippen LogP contribution in [-0.2, 0) is 4.74 Å². The van der Waals surface area contributed by atoms with Gasteiger partial charge in [0, 0.05) is 24.6 Å². The largest absolute Gasteiger partial charge is 0.487 e. The average molecular weight is 269 g/mol. The van der Waals surface area contributed by atoms with E-state index in [0.717, 1.165) is 12.3 Å². The van der Waals surface area contributed by atoms with Gasteiger partial charge in [-0.1, -0.05) is 13.8 Å². The van der Waals surface area contributed by atoms with E-state index in [1.165, 1.54) is 4.90 Å². The molecule has 0 radical (unpaired) electrons. The Kier molecular flexibility index (Phi) is 7.16. The highest BCUT2D eigenvalue weighted by Gasteiger charge is 2.10. The van der Waals surface area contributed by atoms with Crippen LogP contribution in [0.2, 0.25) is 0 Å². The Balaban J connectivity index is 2.52. The third kappa shape index (κ3) is 5.76. The second-order valence-electron chi connectivity index (χ2n) is 4.43. The predicted octanol–water partition coefficient (Wildman–Crippen LogP) is 2.80. The van der Waals surface area contributed by atoms with Gasteiger partial charge in [-0.3, -0.25) is 0 Å². The number of ether oxygens (including phenoxy) is 2. The molecule has 1 unspecified atom stereocenters. The highest BCUT2D eigenvalue weighted by molar-refractivity contribution is 7.98. The normalized spacial score (nSPS) is 12.7. The zero-order valence-corrected chi connectivity index (χ0v) is 12.4. The van der Waals surface area contributed by atoms with Gasteiger partial charge in [-0.05, 0) is 30.5 Å². The summed E-state index contributed by atoms with van der Waals surface area (Å²) in [6, 6.07) is 8.60. The Hall–Kier alpha value is -0.710. The van der Waals surface area contributed by atoms with E-state index in [-0.39, 0.29) is 6.10 Å².